The normalized spacial score (nSPS) is 10.4. The Morgan fingerprint density at radius 1 is 0.625 bits per heavy atom. The summed E-state index contributed by atoms with van der Waals surface area (Å²) in [6.07, 6.45) is 0. The van der Waals surface area contributed by atoms with Crippen molar-refractivity contribution in [3.8, 4) is 0 Å². The Labute approximate surface area is 193 Å². The van der Waals surface area contributed by atoms with Gasteiger partial charge in [-0.1, -0.05) is 24.3 Å². The van der Waals surface area contributed by atoms with Crippen LogP contribution in [0.15, 0.2) is 60.7 Å². The number of thiocarbonyl (C=S) groups is 2. The SMILES string of the molecule is Fc1ccc(NC(=S)NCc2cccc(CNC(=S)Nc3ccc(F)cc3F)c2)c(F)c1. The second-order valence-electron chi connectivity index (χ2n) is 6.68. The van der Waals surface area contributed by atoms with Crippen LogP contribution in [0.2, 0.25) is 0 Å². The molecule has 32 heavy (non-hydrogen) atoms. The molecule has 0 radical (unpaired) electrons. The molecule has 0 unspecified atom stereocenters. The summed E-state index contributed by atoms with van der Waals surface area (Å²) in [7, 11) is 0. The van der Waals surface area contributed by atoms with Gasteiger partial charge in [0.2, 0.25) is 0 Å². The Balaban J connectivity index is 1.49. The molecule has 0 heterocycles. The van der Waals surface area contributed by atoms with Crippen molar-refractivity contribution in [3.63, 3.8) is 0 Å². The van der Waals surface area contributed by atoms with E-state index in [0.717, 1.165) is 35.4 Å². The molecule has 0 aliphatic carbocycles. The molecule has 3 aromatic carbocycles. The number of nitrogens with one attached hydrogen (secondary N) is 4. The van der Waals surface area contributed by atoms with Crippen LogP contribution in [0.4, 0.5) is 28.9 Å². The summed E-state index contributed by atoms with van der Waals surface area (Å²) >= 11 is 10.3. The predicted molar refractivity (Wildman–Crippen MR) is 125 cm³/mol. The Morgan fingerprint density at radius 2 is 1.06 bits per heavy atom. The van der Waals surface area contributed by atoms with E-state index in [0.29, 0.717) is 13.1 Å². The summed E-state index contributed by atoms with van der Waals surface area (Å²) in [5.74, 6) is -2.83. The van der Waals surface area contributed by atoms with Crippen molar-refractivity contribution < 1.29 is 17.6 Å². The van der Waals surface area contributed by atoms with Crippen LogP contribution in [0.5, 0.6) is 0 Å². The first-order valence-electron chi connectivity index (χ1n) is 9.38. The van der Waals surface area contributed by atoms with Gasteiger partial charge < -0.3 is 21.3 Å². The van der Waals surface area contributed by atoms with Gasteiger partial charge in [0.25, 0.3) is 0 Å². The molecule has 4 N–H and O–H groups in total. The minimum Gasteiger partial charge on any atom is -0.358 e. The van der Waals surface area contributed by atoms with E-state index in [1.165, 1.54) is 12.1 Å². The van der Waals surface area contributed by atoms with Crippen molar-refractivity contribution in [3.05, 3.63) is 95.1 Å². The molecule has 3 rings (SSSR count). The quantitative estimate of drug-likeness (QED) is 0.288. The average Bonchev–Trinajstić information content (AvgIpc) is 2.75. The highest BCUT2D eigenvalue weighted by Gasteiger charge is 2.07. The maximum atomic E-state index is 13.7. The summed E-state index contributed by atoms with van der Waals surface area (Å²) in [5, 5.41) is 11.6. The fourth-order valence-electron chi connectivity index (χ4n) is 2.73. The maximum absolute atomic E-state index is 13.7. The van der Waals surface area contributed by atoms with Gasteiger partial charge in [-0.2, -0.15) is 0 Å². The Kier molecular flexibility index (Phi) is 7.96. The summed E-state index contributed by atoms with van der Waals surface area (Å²) in [6.45, 7) is 0.734. The zero-order valence-electron chi connectivity index (χ0n) is 16.5. The van der Waals surface area contributed by atoms with Crippen LogP contribution >= 0.6 is 24.4 Å². The largest absolute Gasteiger partial charge is 0.358 e. The van der Waals surface area contributed by atoms with Crippen LogP contribution < -0.4 is 21.3 Å². The molecule has 0 amide bonds. The molecule has 4 nitrogen and oxygen atoms in total. The van der Waals surface area contributed by atoms with E-state index in [1.54, 1.807) is 0 Å². The standard InChI is InChI=1S/C22H18F4N4S2/c23-15-4-6-19(17(25)9-15)29-21(31)27-11-13-2-1-3-14(8-13)12-28-22(32)30-20-7-5-16(24)10-18(20)26/h1-10H,11-12H2,(H2,27,29,31)(H2,28,30,32). The molecule has 0 saturated carbocycles. The molecule has 0 saturated heterocycles. The molecular weight excluding hydrogens is 460 g/mol. The first kappa shape index (κ1) is 23.4. The molecule has 0 spiro atoms. The number of rotatable bonds is 6. The van der Waals surface area contributed by atoms with Gasteiger partial charge in [0.15, 0.2) is 10.2 Å². The Bertz CT molecular complexity index is 1060. The lowest BCUT2D eigenvalue weighted by Crippen LogP contribution is -2.29. The minimum absolute atomic E-state index is 0.0699. The van der Waals surface area contributed by atoms with E-state index in [2.05, 4.69) is 21.3 Å². The molecule has 0 atom stereocenters. The molecule has 10 heteroatoms. The van der Waals surface area contributed by atoms with Crippen LogP contribution in [-0.4, -0.2) is 10.2 Å². The van der Waals surface area contributed by atoms with E-state index >= 15 is 0 Å². The van der Waals surface area contributed by atoms with E-state index < -0.39 is 23.3 Å². The fourth-order valence-corrected chi connectivity index (χ4v) is 3.09. The summed E-state index contributed by atoms with van der Waals surface area (Å²) in [6, 6.07) is 13.8. The summed E-state index contributed by atoms with van der Waals surface area (Å²) in [4.78, 5) is 0. The smallest absolute Gasteiger partial charge is 0.171 e. The van der Waals surface area contributed by atoms with E-state index in [9.17, 15) is 17.6 Å². The average molecular weight is 479 g/mol. The number of halogens is 4. The monoisotopic (exact) mass is 478 g/mol. The van der Waals surface area contributed by atoms with Crippen molar-refractivity contribution in [2.24, 2.45) is 0 Å². The lowest BCUT2D eigenvalue weighted by atomic mass is 10.1. The highest BCUT2D eigenvalue weighted by atomic mass is 32.1. The lowest BCUT2D eigenvalue weighted by molar-refractivity contribution is 0.585. The van der Waals surface area contributed by atoms with Gasteiger partial charge in [0.05, 0.1) is 11.4 Å². The molecule has 0 fully saturated rings. The fraction of sp³-hybridized carbons (Fsp3) is 0.0909. The molecular formula is C22H18F4N4S2. The Morgan fingerprint density at radius 3 is 1.47 bits per heavy atom. The number of anilines is 2. The van der Waals surface area contributed by atoms with Crippen LogP contribution in [-0.2, 0) is 13.1 Å². The summed E-state index contributed by atoms with van der Waals surface area (Å²) < 4.78 is 53.4. The van der Waals surface area contributed by atoms with Gasteiger partial charge in [-0.15, -0.1) is 0 Å². The second kappa shape index (κ2) is 10.9. The molecule has 0 bridgehead atoms. The van der Waals surface area contributed by atoms with Gasteiger partial charge in [-0.25, -0.2) is 17.6 Å². The third kappa shape index (κ3) is 6.89. The zero-order chi connectivity index (χ0) is 23.1. The first-order valence-corrected chi connectivity index (χ1v) is 10.2. The number of benzene rings is 3. The van der Waals surface area contributed by atoms with Crippen LogP contribution in [0, 0.1) is 23.3 Å². The second-order valence-corrected chi connectivity index (χ2v) is 7.50. The van der Waals surface area contributed by atoms with E-state index in [-0.39, 0.29) is 21.6 Å². The molecule has 0 aromatic heterocycles. The minimum atomic E-state index is -0.743. The van der Waals surface area contributed by atoms with E-state index in [1.807, 2.05) is 24.3 Å². The van der Waals surface area contributed by atoms with Crippen LogP contribution in [0.25, 0.3) is 0 Å². The predicted octanol–water partition coefficient (Wildman–Crippen LogP) is 5.22. The van der Waals surface area contributed by atoms with Crippen LogP contribution in [0.3, 0.4) is 0 Å². The van der Waals surface area contributed by atoms with Crippen molar-refractivity contribution in [1.29, 1.82) is 0 Å². The highest BCUT2D eigenvalue weighted by molar-refractivity contribution is 7.80. The van der Waals surface area contributed by atoms with Crippen molar-refractivity contribution in [2.45, 2.75) is 13.1 Å². The Hall–Kier alpha value is -3.24. The van der Waals surface area contributed by atoms with Gasteiger partial charge in [-0.3, -0.25) is 0 Å². The highest BCUT2D eigenvalue weighted by Crippen LogP contribution is 2.16. The molecule has 166 valence electrons. The molecule has 3 aromatic rings. The molecule has 0 aliphatic rings. The van der Waals surface area contributed by atoms with Crippen molar-refractivity contribution in [2.75, 3.05) is 10.6 Å². The topological polar surface area (TPSA) is 48.1 Å². The zero-order valence-corrected chi connectivity index (χ0v) is 18.1. The van der Waals surface area contributed by atoms with Crippen molar-refractivity contribution >= 4 is 46.0 Å². The van der Waals surface area contributed by atoms with Crippen molar-refractivity contribution in [1.82, 2.24) is 10.6 Å². The van der Waals surface area contributed by atoms with Gasteiger partial charge in [-0.05, 0) is 59.8 Å². The third-order valence-electron chi connectivity index (χ3n) is 4.26. The maximum Gasteiger partial charge on any atom is 0.171 e. The number of hydrogen-bond acceptors (Lipinski definition) is 2. The summed E-state index contributed by atoms with van der Waals surface area (Å²) in [5.41, 5.74) is 1.94. The van der Waals surface area contributed by atoms with Crippen LogP contribution in [0.1, 0.15) is 11.1 Å². The first-order chi connectivity index (χ1) is 15.3. The number of hydrogen-bond donors (Lipinski definition) is 4. The van der Waals surface area contributed by atoms with Gasteiger partial charge in [0.1, 0.15) is 23.3 Å². The van der Waals surface area contributed by atoms with Gasteiger partial charge in [0, 0.05) is 25.2 Å². The third-order valence-corrected chi connectivity index (χ3v) is 4.75. The molecule has 0 aliphatic heterocycles. The van der Waals surface area contributed by atoms with E-state index in [4.69, 9.17) is 24.4 Å². The lowest BCUT2D eigenvalue weighted by Gasteiger charge is -2.13. The van der Waals surface area contributed by atoms with Gasteiger partial charge >= 0.3 is 0 Å².